The van der Waals surface area contributed by atoms with E-state index in [-0.39, 0.29) is 23.8 Å². The van der Waals surface area contributed by atoms with Gasteiger partial charge in [0.05, 0.1) is 24.4 Å². The molecule has 5 heteroatoms. The van der Waals surface area contributed by atoms with Crippen molar-refractivity contribution in [2.24, 2.45) is 5.92 Å². The van der Waals surface area contributed by atoms with Gasteiger partial charge in [0.15, 0.2) is 0 Å². The summed E-state index contributed by atoms with van der Waals surface area (Å²) in [6.07, 6.45) is 3.80. The molecule has 25 heavy (non-hydrogen) atoms. The Kier molecular flexibility index (Phi) is 5.87. The van der Waals surface area contributed by atoms with E-state index in [2.05, 4.69) is 24.3 Å². The smallest absolute Gasteiger partial charge is 0.290 e. The number of hydrogen-bond donors (Lipinski definition) is 1. The molecule has 1 aliphatic carbocycles. The normalized spacial score (nSPS) is 20.1. The Labute approximate surface area is 148 Å². The van der Waals surface area contributed by atoms with Gasteiger partial charge in [-0.1, -0.05) is 49.3 Å². The SMILES string of the molecule is CC(C)Cc1cc(C(=O)NC2CCCC2OCc2ccccc2)on1. The predicted octanol–water partition coefficient (Wildman–Crippen LogP) is 3.74. The van der Waals surface area contributed by atoms with Crippen LogP contribution in [0.1, 0.15) is 54.9 Å². The lowest BCUT2D eigenvalue weighted by Gasteiger charge is -2.21. The fourth-order valence-corrected chi connectivity index (χ4v) is 3.24. The number of carbonyl (C=O) groups is 1. The number of carbonyl (C=O) groups excluding carboxylic acids is 1. The molecular formula is C20H26N2O3. The Balaban J connectivity index is 1.53. The zero-order valence-electron chi connectivity index (χ0n) is 14.9. The molecule has 0 radical (unpaired) electrons. The van der Waals surface area contributed by atoms with Gasteiger partial charge in [0, 0.05) is 6.07 Å². The minimum atomic E-state index is -0.206. The molecule has 1 N–H and O–H groups in total. The van der Waals surface area contributed by atoms with Crippen LogP contribution in [0.15, 0.2) is 40.9 Å². The van der Waals surface area contributed by atoms with Gasteiger partial charge in [-0.2, -0.15) is 0 Å². The summed E-state index contributed by atoms with van der Waals surface area (Å²) in [6.45, 7) is 4.79. The van der Waals surface area contributed by atoms with Crippen molar-refractivity contribution in [3.05, 3.63) is 53.4 Å². The van der Waals surface area contributed by atoms with Crippen molar-refractivity contribution in [3.63, 3.8) is 0 Å². The molecular weight excluding hydrogens is 316 g/mol. The third-order valence-electron chi connectivity index (χ3n) is 4.48. The number of ether oxygens (including phenoxy) is 1. The van der Waals surface area contributed by atoms with Crippen molar-refractivity contribution < 1.29 is 14.1 Å². The number of nitrogens with zero attached hydrogens (tertiary/aromatic N) is 1. The highest BCUT2D eigenvalue weighted by Crippen LogP contribution is 2.24. The Morgan fingerprint density at radius 2 is 2.12 bits per heavy atom. The molecule has 1 amide bonds. The number of nitrogens with one attached hydrogen (secondary N) is 1. The average molecular weight is 342 g/mol. The zero-order chi connectivity index (χ0) is 17.6. The van der Waals surface area contributed by atoms with Crippen LogP contribution >= 0.6 is 0 Å². The van der Waals surface area contributed by atoms with Crippen LogP contribution in [0, 0.1) is 5.92 Å². The largest absolute Gasteiger partial charge is 0.371 e. The second-order valence-corrected chi connectivity index (χ2v) is 7.13. The lowest BCUT2D eigenvalue weighted by Crippen LogP contribution is -2.41. The van der Waals surface area contributed by atoms with E-state index >= 15 is 0 Å². The molecule has 0 saturated heterocycles. The third kappa shape index (κ3) is 4.92. The van der Waals surface area contributed by atoms with Crippen LogP contribution in [0.2, 0.25) is 0 Å². The predicted molar refractivity (Wildman–Crippen MR) is 95.2 cm³/mol. The molecule has 0 aliphatic heterocycles. The number of rotatable bonds is 7. The molecule has 134 valence electrons. The van der Waals surface area contributed by atoms with Crippen LogP contribution in [0.3, 0.4) is 0 Å². The van der Waals surface area contributed by atoms with Gasteiger partial charge in [-0.3, -0.25) is 4.79 Å². The first-order chi connectivity index (χ1) is 12.1. The molecule has 1 heterocycles. The zero-order valence-corrected chi connectivity index (χ0v) is 14.9. The first-order valence-corrected chi connectivity index (χ1v) is 9.04. The third-order valence-corrected chi connectivity index (χ3v) is 4.48. The van der Waals surface area contributed by atoms with E-state index in [0.717, 1.165) is 36.9 Å². The van der Waals surface area contributed by atoms with Gasteiger partial charge in [-0.15, -0.1) is 0 Å². The van der Waals surface area contributed by atoms with Crippen LogP contribution in [0.4, 0.5) is 0 Å². The quantitative estimate of drug-likeness (QED) is 0.832. The highest BCUT2D eigenvalue weighted by Gasteiger charge is 2.30. The van der Waals surface area contributed by atoms with Gasteiger partial charge in [0.1, 0.15) is 0 Å². The molecule has 0 bridgehead atoms. The van der Waals surface area contributed by atoms with Crippen molar-refractivity contribution in [2.75, 3.05) is 0 Å². The molecule has 2 unspecified atom stereocenters. The van der Waals surface area contributed by atoms with E-state index in [9.17, 15) is 4.79 Å². The maximum atomic E-state index is 12.4. The summed E-state index contributed by atoms with van der Waals surface area (Å²) >= 11 is 0. The van der Waals surface area contributed by atoms with Gasteiger partial charge >= 0.3 is 0 Å². The summed E-state index contributed by atoms with van der Waals surface area (Å²) < 4.78 is 11.2. The summed E-state index contributed by atoms with van der Waals surface area (Å²) in [6, 6.07) is 11.9. The molecule has 1 aromatic carbocycles. The van der Waals surface area contributed by atoms with Crippen LogP contribution in [0.5, 0.6) is 0 Å². The highest BCUT2D eigenvalue weighted by atomic mass is 16.5. The van der Waals surface area contributed by atoms with Gasteiger partial charge in [0.25, 0.3) is 5.91 Å². The summed E-state index contributed by atoms with van der Waals surface area (Å²) in [5, 5.41) is 7.03. The molecule has 1 fully saturated rings. The molecule has 1 aromatic heterocycles. The summed E-state index contributed by atoms with van der Waals surface area (Å²) in [4.78, 5) is 12.4. The van der Waals surface area contributed by atoms with Crippen molar-refractivity contribution in [3.8, 4) is 0 Å². The maximum absolute atomic E-state index is 12.4. The van der Waals surface area contributed by atoms with Crippen molar-refractivity contribution in [1.82, 2.24) is 10.5 Å². The minimum Gasteiger partial charge on any atom is -0.371 e. The fourth-order valence-electron chi connectivity index (χ4n) is 3.24. The van der Waals surface area contributed by atoms with E-state index in [1.807, 2.05) is 30.3 Å². The molecule has 2 aromatic rings. The highest BCUT2D eigenvalue weighted by molar-refractivity contribution is 5.91. The van der Waals surface area contributed by atoms with E-state index < -0.39 is 0 Å². The Morgan fingerprint density at radius 3 is 2.88 bits per heavy atom. The Hall–Kier alpha value is -2.14. The van der Waals surface area contributed by atoms with Gasteiger partial charge in [0.2, 0.25) is 5.76 Å². The average Bonchev–Trinajstić information content (AvgIpc) is 3.23. The standard InChI is InChI=1S/C20H26N2O3/c1-14(2)11-16-12-19(25-22-16)20(23)21-17-9-6-10-18(17)24-13-15-7-4-3-5-8-15/h3-5,7-8,12,14,17-18H,6,9-11,13H2,1-2H3,(H,21,23). The first kappa shape index (κ1) is 17.7. The second kappa shape index (κ2) is 8.30. The van der Waals surface area contributed by atoms with Crippen molar-refractivity contribution in [1.29, 1.82) is 0 Å². The fraction of sp³-hybridized carbons (Fsp3) is 0.500. The topological polar surface area (TPSA) is 64.4 Å². The summed E-state index contributed by atoms with van der Waals surface area (Å²) in [5.74, 6) is 0.554. The maximum Gasteiger partial charge on any atom is 0.290 e. The summed E-state index contributed by atoms with van der Waals surface area (Å²) in [7, 11) is 0. The number of benzene rings is 1. The molecule has 5 nitrogen and oxygen atoms in total. The molecule has 1 aliphatic rings. The number of hydrogen-bond acceptors (Lipinski definition) is 4. The van der Waals surface area contributed by atoms with Gasteiger partial charge in [-0.05, 0) is 37.2 Å². The molecule has 2 atom stereocenters. The summed E-state index contributed by atoms with van der Waals surface area (Å²) in [5.41, 5.74) is 1.97. The number of amides is 1. The van der Waals surface area contributed by atoms with Crippen molar-refractivity contribution in [2.45, 2.75) is 58.3 Å². The van der Waals surface area contributed by atoms with Gasteiger partial charge < -0.3 is 14.6 Å². The Morgan fingerprint density at radius 1 is 1.32 bits per heavy atom. The first-order valence-electron chi connectivity index (χ1n) is 9.04. The second-order valence-electron chi connectivity index (χ2n) is 7.13. The Bertz CT molecular complexity index is 681. The lowest BCUT2D eigenvalue weighted by atomic mass is 10.1. The van der Waals surface area contributed by atoms with Crippen LogP contribution in [-0.4, -0.2) is 23.2 Å². The monoisotopic (exact) mass is 342 g/mol. The van der Waals surface area contributed by atoms with E-state index in [0.29, 0.717) is 12.5 Å². The van der Waals surface area contributed by atoms with Crippen LogP contribution < -0.4 is 5.32 Å². The number of aromatic nitrogens is 1. The van der Waals surface area contributed by atoms with E-state index in [4.69, 9.17) is 9.26 Å². The molecule has 0 spiro atoms. The minimum absolute atomic E-state index is 0.0230. The molecule has 3 rings (SSSR count). The van der Waals surface area contributed by atoms with E-state index in [1.165, 1.54) is 0 Å². The van der Waals surface area contributed by atoms with Crippen molar-refractivity contribution >= 4 is 5.91 Å². The molecule has 1 saturated carbocycles. The van der Waals surface area contributed by atoms with Crippen LogP contribution in [-0.2, 0) is 17.8 Å². The van der Waals surface area contributed by atoms with E-state index in [1.54, 1.807) is 6.07 Å². The van der Waals surface area contributed by atoms with Crippen LogP contribution in [0.25, 0.3) is 0 Å². The van der Waals surface area contributed by atoms with Gasteiger partial charge in [-0.25, -0.2) is 0 Å². The lowest BCUT2D eigenvalue weighted by molar-refractivity contribution is 0.0267.